The van der Waals surface area contributed by atoms with Gasteiger partial charge >= 0.3 is 0 Å². The molecule has 2 nitrogen and oxygen atoms in total. The van der Waals surface area contributed by atoms with Gasteiger partial charge in [0.05, 0.1) is 0 Å². The van der Waals surface area contributed by atoms with Crippen molar-refractivity contribution in [3.8, 4) is 0 Å². The third-order valence-corrected chi connectivity index (χ3v) is 2.16. The zero-order valence-electron chi connectivity index (χ0n) is 9.08. The molecule has 76 valence electrons. The molecule has 0 saturated carbocycles. The summed E-state index contributed by atoms with van der Waals surface area (Å²) in [6.07, 6.45) is 1.53. The van der Waals surface area contributed by atoms with E-state index < -0.39 is 0 Å². The van der Waals surface area contributed by atoms with Crippen molar-refractivity contribution in [2.75, 3.05) is 19.0 Å². The maximum atomic E-state index is 11.7. The summed E-state index contributed by atoms with van der Waals surface area (Å²) in [7, 11) is 3.91. The van der Waals surface area contributed by atoms with Gasteiger partial charge in [-0.15, -0.1) is 0 Å². The third-order valence-electron chi connectivity index (χ3n) is 2.16. The van der Waals surface area contributed by atoms with Gasteiger partial charge in [-0.2, -0.15) is 0 Å². The number of ketones is 1. The maximum absolute atomic E-state index is 11.7. The van der Waals surface area contributed by atoms with Gasteiger partial charge in [0.1, 0.15) is 0 Å². The van der Waals surface area contributed by atoms with E-state index in [4.69, 9.17) is 0 Å². The van der Waals surface area contributed by atoms with Gasteiger partial charge < -0.3 is 4.90 Å². The van der Waals surface area contributed by atoms with Crippen molar-refractivity contribution >= 4 is 11.5 Å². The first kappa shape index (κ1) is 10.8. The molecule has 0 fully saturated rings. The fourth-order valence-corrected chi connectivity index (χ4v) is 1.46. The molecule has 0 aliphatic carbocycles. The highest BCUT2D eigenvalue weighted by atomic mass is 16.1. The quantitative estimate of drug-likeness (QED) is 0.682. The normalized spacial score (nSPS) is 9.93. The van der Waals surface area contributed by atoms with E-state index >= 15 is 0 Å². The number of hydrogen-bond donors (Lipinski definition) is 0. The molecule has 14 heavy (non-hydrogen) atoms. The second kappa shape index (κ2) is 4.80. The van der Waals surface area contributed by atoms with E-state index in [0.717, 1.165) is 17.7 Å². The van der Waals surface area contributed by atoms with Crippen LogP contribution in [0.4, 0.5) is 5.69 Å². The van der Waals surface area contributed by atoms with Crippen molar-refractivity contribution in [3.63, 3.8) is 0 Å². The standard InChI is InChI=1S/C12H17NO/c1-4-7-12(14)10-8-5-6-9-11(10)13(2)3/h5-6,8-9H,4,7H2,1-3H3. The molecular weight excluding hydrogens is 174 g/mol. The number of benzene rings is 1. The predicted molar refractivity (Wildman–Crippen MR) is 60.0 cm³/mol. The Morgan fingerprint density at radius 1 is 1.29 bits per heavy atom. The molecule has 0 saturated heterocycles. The molecule has 1 aromatic carbocycles. The van der Waals surface area contributed by atoms with E-state index in [-0.39, 0.29) is 5.78 Å². The average molecular weight is 191 g/mol. The number of nitrogens with zero attached hydrogens (tertiary/aromatic N) is 1. The van der Waals surface area contributed by atoms with Crippen LogP contribution in [-0.4, -0.2) is 19.9 Å². The second-order valence-corrected chi connectivity index (χ2v) is 3.58. The van der Waals surface area contributed by atoms with Crippen LogP contribution in [0.5, 0.6) is 0 Å². The Morgan fingerprint density at radius 2 is 1.93 bits per heavy atom. The maximum Gasteiger partial charge on any atom is 0.164 e. The third kappa shape index (κ3) is 2.34. The van der Waals surface area contributed by atoms with E-state index in [0.29, 0.717) is 6.42 Å². The van der Waals surface area contributed by atoms with E-state index in [2.05, 4.69) is 0 Å². The SMILES string of the molecule is CCCC(=O)c1ccccc1N(C)C. The molecule has 0 spiro atoms. The van der Waals surface area contributed by atoms with Gasteiger partial charge in [0.2, 0.25) is 0 Å². The van der Waals surface area contributed by atoms with Gasteiger partial charge in [0, 0.05) is 31.8 Å². The number of Topliss-reactive ketones (excluding diaryl/α,β-unsaturated/α-hetero) is 1. The summed E-state index contributed by atoms with van der Waals surface area (Å²) in [5.74, 6) is 0.233. The lowest BCUT2D eigenvalue weighted by molar-refractivity contribution is 0.0982. The Bertz CT molecular complexity index is 318. The Kier molecular flexibility index (Phi) is 3.69. The van der Waals surface area contributed by atoms with E-state index in [1.165, 1.54) is 0 Å². The Morgan fingerprint density at radius 3 is 2.50 bits per heavy atom. The van der Waals surface area contributed by atoms with Crippen molar-refractivity contribution < 1.29 is 4.79 Å². The summed E-state index contributed by atoms with van der Waals surface area (Å²) in [6.45, 7) is 2.02. The summed E-state index contributed by atoms with van der Waals surface area (Å²) >= 11 is 0. The molecule has 0 aliphatic rings. The van der Waals surface area contributed by atoms with Crippen LogP contribution in [0.2, 0.25) is 0 Å². The summed E-state index contributed by atoms with van der Waals surface area (Å²) in [6, 6.07) is 7.74. The van der Waals surface area contributed by atoms with Gasteiger partial charge in [-0.1, -0.05) is 19.1 Å². The van der Waals surface area contributed by atoms with Crippen molar-refractivity contribution in [1.29, 1.82) is 0 Å². The van der Waals surface area contributed by atoms with E-state index in [1.54, 1.807) is 0 Å². The zero-order chi connectivity index (χ0) is 10.6. The summed E-state index contributed by atoms with van der Waals surface area (Å²) in [4.78, 5) is 13.7. The highest BCUT2D eigenvalue weighted by Crippen LogP contribution is 2.19. The first-order valence-electron chi connectivity index (χ1n) is 4.96. The molecule has 0 N–H and O–H groups in total. The highest BCUT2D eigenvalue weighted by molar-refractivity contribution is 6.01. The monoisotopic (exact) mass is 191 g/mol. The number of carbonyl (C=O) groups excluding carboxylic acids is 1. The second-order valence-electron chi connectivity index (χ2n) is 3.58. The van der Waals surface area contributed by atoms with Crippen LogP contribution in [-0.2, 0) is 0 Å². The number of rotatable bonds is 4. The van der Waals surface area contributed by atoms with Crippen LogP contribution < -0.4 is 4.90 Å². The molecule has 0 aromatic heterocycles. The lowest BCUT2D eigenvalue weighted by Crippen LogP contribution is -2.13. The van der Waals surface area contributed by atoms with Gasteiger partial charge in [-0.05, 0) is 18.6 Å². The largest absolute Gasteiger partial charge is 0.377 e. The van der Waals surface area contributed by atoms with Crippen LogP contribution in [0.3, 0.4) is 0 Å². The molecular formula is C12H17NO. The molecule has 0 unspecified atom stereocenters. The fraction of sp³-hybridized carbons (Fsp3) is 0.417. The summed E-state index contributed by atoms with van der Waals surface area (Å²) in [5, 5.41) is 0. The first-order valence-corrected chi connectivity index (χ1v) is 4.96. The summed E-state index contributed by atoms with van der Waals surface area (Å²) in [5.41, 5.74) is 1.84. The van der Waals surface area contributed by atoms with Crippen LogP contribution in [0.15, 0.2) is 24.3 Å². The predicted octanol–water partition coefficient (Wildman–Crippen LogP) is 2.74. The molecule has 2 heteroatoms. The molecule has 0 bridgehead atoms. The minimum atomic E-state index is 0.233. The summed E-state index contributed by atoms with van der Waals surface area (Å²) < 4.78 is 0. The van der Waals surface area contributed by atoms with Gasteiger partial charge in [0.15, 0.2) is 5.78 Å². The molecule has 1 rings (SSSR count). The Balaban J connectivity index is 3.00. The van der Waals surface area contributed by atoms with Crippen LogP contribution in [0, 0.1) is 0 Å². The Hall–Kier alpha value is -1.31. The van der Waals surface area contributed by atoms with Crippen molar-refractivity contribution in [2.45, 2.75) is 19.8 Å². The smallest absolute Gasteiger partial charge is 0.164 e. The Labute approximate surface area is 85.5 Å². The zero-order valence-corrected chi connectivity index (χ0v) is 9.08. The number of carbonyl (C=O) groups is 1. The van der Waals surface area contributed by atoms with Gasteiger partial charge in [-0.3, -0.25) is 4.79 Å². The molecule has 0 heterocycles. The lowest BCUT2D eigenvalue weighted by atomic mass is 10.0. The van der Waals surface area contributed by atoms with E-state index in [9.17, 15) is 4.79 Å². The van der Waals surface area contributed by atoms with Crippen molar-refractivity contribution in [3.05, 3.63) is 29.8 Å². The van der Waals surface area contributed by atoms with Gasteiger partial charge in [-0.25, -0.2) is 0 Å². The molecule has 0 radical (unpaired) electrons. The van der Waals surface area contributed by atoms with Crippen molar-refractivity contribution in [1.82, 2.24) is 0 Å². The number of para-hydroxylation sites is 1. The van der Waals surface area contributed by atoms with E-state index in [1.807, 2.05) is 50.2 Å². The minimum Gasteiger partial charge on any atom is -0.377 e. The number of hydrogen-bond acceptors (Lipinski definition) is 2. The molecule has 0 aliphatic heterocycles. The molecule has 0 amide bonds. The topological polar surface area (TPSA) is 20.3 Å². The molecule has 1 aromatic rings. The van der Waals surface area contributed by atoms with Crippen LogP contribution in [0.25, 0.3) is 0 Å². The average Bonchev–Trinajstić information content (AvgIpc) is 2.18. The van der Waals surface area contributed by atoms with Crippen LogP contribution in [0.1, 0.15) is 30.1 Å². The molecule has 0 atom stereocenters. The van der Waals surface area contributed by atoms with Crippen molar-refractivity contribution in [2.24, 2.45) is 0 Å². The fourth-order valence-electron chi connectivity index (χ4n) is 1.46. The lowest BCUT2D eigenvalue weighted by Gasteiger charge is -2.16. The number of anilines is 1. The van der Waals surface area contributed by atoms with Crippen LogP contribution >= 0.6 is 0 Å². The first-order chi connectivity index (χ1) is 6.66. The highest BCUT2D eigenvalue weighted by Gasteiger charge is 2.10. The minimum absolute atomic E-state index is 0.233. The van der Waals surface area contributed by atoms with Gasteiger partial charge in [0.25, 0.3) is 0 Å².